The molecule has 0 aliphatic heterocycles. The lowest BCUT2D eigenvalue weighted by Crippen LogP contribution is -2.24. The summed E-state index contributed by atoms with van der Waals surface area (Å²) >= 11 is 0. The molecule has 0 aliphatic rings. The largest absolute Gasteiger partial charge is 0.490 e. The summed E-state index contributed by atoms with van der Waals surface area (Å²) < 4.78 is 16.1. The van der Waals surface area contributed by atoms with Crippen molar-refractivity contribution in [1.29, 1.82) is 0 Å². The maximum atomic E-state index is 5.85. The van der Waals surface area contributed by atoms with Crippen LogP contribution in [0, 0.1) is 0 Å². The summed E-state index contributed by atoms with van der Waals surface area (Å²) in [5, 5.41) is 7.69. The first-order chi connectivity index (χ1) is 11.8. The van der Waals surface area contributed by atoms with E-state index in [1.807, 2.05) is 49.4 Å². The van der Waals surface area contributed by atoms with Gasteiger partial charge in [-0.05, 0) is 54.1 Å². The van der Waals surface area contributed by atoms with Crippen molar-refractivity contribution in [2.75, 3.05) is 26.8 Å². The predicted molar refractivity (Wildman–Crippen MR) is 91.2 cm³/mol. The summed E-state index contributed by atoms with van der Waals surface area (Å²) in [4.78, 5) is 2.19. The highest BCUT2D eigenvalue weighted by molar-refractivity contribution is 5.73. The van der Waals surface area contributed by atoms with Crippen molar-refractivity contribution in [1.82, 2.24) is 15.2 Å². The van der Waals surface area contributed by atoms with E-state index in [0.717, 1.165) is 41.2 Å². The van der Waals surface area contributed by atoms with Crippen LogP contribution in [-0.2, 0) is 6.54 Å². The monoisotopic (exact) mass is 327 g/mol. The van der Waals surface area contributed by atoms with Gasteiger partial charge in [-0.25, -0.2) is 4.63 Å². The standard InChI is InChI=1S/C18H21N3O3/c1-3-22-17-6-4-5-7-18(17)23-11-10-21(2)13-14-8-9-15-16(12-14)20-24-19-15/h4-9,12H,3,10-11,13H2,1-2H3. The van der Waals surface area contributed by atoms with E-state index in [-0.39, 0.29) is 0 Å². The van der Waals surface area contributed by atoms with Gasteiger partial charge < -0.3 is 9.47 Å². The number of hydrogen-bond donors (Lipinski definition) is 0. The summed E-state index contributed by atoms with van der Waals surface area (Å²) in [6, 6.07) is 13.7. The number of ether oxygens (including phenoxy) is 2. The van der Waals surface area contributed by atoms with Crippen molar-refractivity contribution < 1.29 is 14.1 Å². The second-order valence-electron chi connectivity index (χ2n) is 5.55. The molecule has 0 atom stereocenters. The molecule has 0 radical (unpaired) electrons. The highest BCUT2D eigenvalue weighted by atomic mass is 16.6. The van der Waals surface area contributed by atoms with Gasteiger partial charge in [0.15, 0.2) is 11.5 Å². The molecule has 3 rings (SSSR count). The van der Waals surface area contributed by atoms with Crippen LogP contribution < -0.4 is 9.47 Å². The summed E-state index contributed by atoms with van der Waals surface area (Å²) in [6.45, 7) is 4.79. The number of rotatable bonds is 8. The molecular formula is C18H21N3O3. The molecule has 0 spiro atoms. The second-order valence-corrected chi connectivity index (χ2v) is 5.55. The minimum atomic E-state index is 0.592. The van der Waals surface area contributed by atoms with E-state index < -0.39 is 0 Å². The molecule has 0 saturated carbocycles. The van der Waals surface area contributed by atoms with Crippen molar-refractivity contribution in [3.8, 4) is 11.5 Å². The summed E-state index contributed by atoms with van der Waals surface area (Å²) in [5.74, 6) is 1.56. The molecule has 1 heterocycles. The lowest BCUT2D eigenvalue weighted by molar-refractivity contribution is 0.222. The third-order valence-electron chi connectivity index (χ3n) is 3.65. The molecule has 1 aromatic heterocycles. The average Bonchev–Trinajstić information content (AvgIpc) is 3.04. The summed E-state index contributed by atoms with van der Waals surface area (Å²) in [6.07, 6.45) is 0. The van der Waals surface area contributed by atoms with E-state index in [4.69, 9.17) is 14.1 Å². The normalized spacial score (nSPS) is 11.1. The van der Waals surface area contributed by atoms with E-state index in [1.165, 1.54) is 0 Å². The van der Waals surface area contributed by atoms with Gasteiger partial charge in [0.1, 0.15) is 17.6 Å². The number of para-hydroxylation sites is 2. The highest BCUT2D eigenvalue weighted by Crippen LogP contribution is 2.26. The van der Waals surface area contributed by atoms with Gasteiger partial charge in [0.25, 0.3) is 0 Å². The Morgan fingerprint density at radius 1 is 1.00 bits per heavy atom. The molecule has 2 aromatic carbocycles. The van der Waals surface area contributed by atoms with Crippen LogP contribution in [0.2, 0.25) is 0 Å². The minimum absolute atomic E-state index is 0.592. The van der Waals surface area contributed by atoms with Gasteiger partial charge in [-0.2, -0.15) is 0 Å². The Kier molecular flexibility index (Phi) is 5.28. The van der Waals surface area contributed by atoms with Crippen LogP contribution in [0.4, 0.5) is 0 Å². The molecule has 126 valence electrons. The first-order valence-electron chi connectivity index (χ1n) is 8.00. The number of likely N-dealkylation sites (N-methyl/N-ethyl adjacent to an activating group) is 1. The van der Waals surface area contributed by atoms with Gasteiger partial charge in [-0.3, -0.25) is 4.90 Å². The van der Waals surface area contributed by atoms with Crippen molar-refractivity contribution >= 4 is 11.0 Å². The maximum absolute atomic E-state index is 5.85. The fourth-order valence-corrected chi connectivity index (χ4v) is 2.47. The van der Waals surface area contributed by atoms with Crippen LogP contribution in [0.15, 0.2) is 47.1 Å². The molecule has 6 nitrogen and oxygen atoms in total. The molecule has 0 aliphatic carbocycles. The first kappa shape index (κ1) is 16.3. The molecule has 6 heteroatoms. The Morgan fingerprint density at radius 2 is 1.75 bits per heavy atom. The zero-order chi connectivity index (χ0) is 16.8. The SMILES string of the molecule is CCOc1ccccc1OCCN(C)Cc1ccc2nonc2c1. The molecule has 24 heavy (non-hydrogen) atoms. The van der Waals surface area contributed by atoms with Gasteiger partial charge in [0.2, 0.25) is 0 Å². The third-order valence-corrected chi connectivity index (χ3v) is 3.65. The van der Waals surface area contributed by atoms with Crippen molar-refractivity contribution in [2.24, 2.45) is 0 Å². The fourth-order valence-electron chi connectivity index (χ4n) is 2.47. The topological polar surface area (TPSA) is 60.6 Å². The van der Waals surface area contributed by atoms with Gasteiger partial charge in [0.05, 0.1) is 6.61 Å². The first-order valence-corrected chi connectivity index (χ1v) is 8.00. The Balaban J connectivity index is 1.51. The molecular weight excluding hydrogens is 306 g/mol. The zero-order valence-electron chi connectivity index (χ0n) is 13.9. The van der Waals surface area contributed by atoms with E-state index in [0.29, 0.717) is 13.2 Å². The van der Waals surface area contributed by atoms with Crippen LogP contribution in [0.3, 0.4) is 0 Å². The highest BCUT2D eigenvalue weighted by Gasteiger charge is 2.07. The van der Waals surface area contributed by atoms with Gasteiger partial charge >= 0.3 is 0 Å². The Bertz CT molecular complexity index is 788. The van der Waals surface area contributed by atoms with Crippen molar-refractivity contribution in [2.45, 2.75) is 13.5 Å². The third kappa shape index (κ3) is 4.02. The van der Waals surface area contributed by atoms with Gasteiger partial charge in [0, 0.05) is 13.1 Å². The number of hydrogen-bond acceptors (Lipinski definition) is 6. The Hall–Kier alpha value is -2.60. The molecule has 0 bridgehead atoms. The summed E-state index contributed by atoms with van der Waals surface area (Å²) in [5.41, 5.74) is 2.72. The lowest BCUT2D eigenvalue weighted by atomic mass is 10.2. The predicted octanol–water partition coefficient (Wildman–Crippen LogP) is 3.13. The smallest absolute Gasteiger partial charge is 0.161 e. The maximum Gasteiger partial charge on any atom is 0.161 e. The molecule has 0 fully saturated rings. The van der Waals surface area contributed by atoms with Crippen molar-refractivity contribution in [3.05, 3.63) is 48.0 Å². The Morgan fingerprint density at radius 3 is 2.54 bits per heavy atom. The zero-order valence-corrected chi connectivity index (χ0v) is 13.9. The van der Waals surface area contributed by atoms with Gasteiger partial charge in [-0.15, -0.1) is 0 Å². The van der Waals surface area contributed by atoms with E-state index in [1.54, 1.807) is 0 Å². The molecule has 0 N–H and O–H groups in total. The van der Waals surface area contributed by atoms with Gasteiger partial charge in [-0.1, -0.05) is 18.2 Å². The number of aromatic nitrogens is 2. The molecule has 3 aromatic rings. The van der Waals surface area contributed by atoms with Crippen LogP contribution in [0.5, 0.6) is 11.5 Å². The van der Waals surface area contributed by atoms with E-state index >= 15 is 0 Å². The van der Waals surface area contributed by atoms with Crippen LogP contribution in [0.1, 0.15) is 12.5 Å². The number of benzene rings is 2. The fraction of sp³-hybridized carbons (Fsp3) is 0.333. The van der Waals surface area contributed by atoms with E-state index in [9.17, 15) is 0 Å². The second kappa shape index (κ2) is 7.79. The van der Waals surface area contributed by atoms with Crippen LogP contribution in [-0.4, -0.2) is 42.0 Å². The quantitative estimate of drug-likeness (QED) is 0.633. The lowest BCUT2D eigenvalue weighted by Gasteiger charge is -2.18. The minimum Gasteiger partial charge on any atom is -0.490 e. The van der Waals surface area contributed by atoms with Crippen LogP contribution >= 0.6 is 0 Å². The average molecular weight is 327 g/mol. The van der Waals surface area contributed by atoms with Crippen LogP contribution in [0.25, 0.3) is 11.0 Å². The van der Waals surface area contributed by atoms with E-state index in [2.05, 4.69) is 22.3 Å². The number of nitrogens with zero attached hydrogens (tertiary/aromatic N) is 3. The number of fused-ring (bicyclic) bond motifs is 1. The Labute approximate surface area is 140 Å². The van der Waals surface area contributed by atoms with Crippen molar-refractivity contribution in [3.63, 3.8) is 0 Å². The molecule has 0 amide bonds. The molecule has 0 saturated heterocycles. The molecule has 0 unspecified atom stereocenters. The summed E-state index contributed by atoms with van der Waals surface area (Å²) in [7, 11) is 2.06.